The van der Waals surface area contributed by atoms with Crippen LogP contribution in [-0.2, 0) is 26.1 Å². The molecule has 0 spiro atoms. The number of aromatic nitrogens is 1. The van der Waals surface area contributed by atoms with Gasteiger partial charge in [-0.3, -0.25) is 4.79 Å². The van der Waals surface area contributed by atoms with E-state index in [9.17, 15) is 17.6 Å². The second-order valence-corrected chi connectivity index (χ2v) is 11.1. The second-order valence-electron chi connectivity index (χ2n) is 7.32. The summed E-state index contributed by atoms with van der Waals surface area (Å²) in [5.74, 6) is -1.03. The molecule has 1 fully saturated rings. The molecular formula is C21H21BrFN3O4S2. The lowest BCUT2D eigenvalue weighted by Gasteiger charge is -2.21. The second kappa shape index (κ2) is 9.52. The number of halogens is 2. The number of carbonyl (C=O) groups excluding carboxylic acids is 1. The number of thiazole rings is 1. The fraction of sp³-hybridized carbons (Fsp3) is 0.333. The molecule has 1 aliphatic rings. The van der Waals surface area contributed by atoms with E-state index in [0.717, 1.165) is 26.8 Å². The molecule has 1 amide bonds. The highest BCUT2D eigenvalue weighted by Crippen LogP contribution is 2.27. The maximum absolute atomic E-state index is 13.2. The van der Waals surface area contributed by atoms with E-state index in [1.165, 1.54) is 27.8 Å². The van der Waals surface area contributed by atoms with E-state index in [4.69, 9.17) is 4.74 Å². The minimum Gasteiger partial charge on any atom is -0.383 e. The van der Waals surface area contributed by atoms with E-state index >= 15 is 0 Å². The Morgan fingerprint density at radius 2 is 2.03 bits per heavy atom. The maximum Gasteiger partial charge on any atom is 0.266 e. The fourth-order valence-electron chi connectivity index (χ4n) is 3.72. The molecule has 1 unspecified atom stereocenters. The van der Waals surface area contributed by atoms with Gasteiger partial charge in [0, 0.05) is 24.7 Å². The van der Waals surface area contributed by atoms with Crippen LogP contribution in [-0.4, -0.2) is 49.5 Å². The quantitative estimate of drug-likeness (QED) is 0.478. The third kappa shape index (κ3) is 4.58. The zero-order chi connectivity index (χ0) is 22.9. The number of methoxy groups -OCH3 is 1. The first-order valence-electron chi connectivity index (χ1n) is 9.95. The van der Waals surface area contributed by atoms with Crippen molar-refractivity contribution < 1.29 is 22.3 Å². The molecule has 2 heterocycles. The third-order valence-corrected chi connectivity index (χ3v) is 8.74. The molecule has 1 aromatic heterocycles. The van der Waals surface area contributed by atoms with Crippen LogP contribution < -0.4 is 4.80 Å². The van der Waals surface area contributed by atoms with E-state index in [-0.39, 0.29) is 11.4 Å². The van der Waals surface area contributed by atoms with Crippen molar-refractivity contribution >= 4 is 53.4 Å². The average molecular weight is 542 g/mol. The Bertz CT molecular complexity index is 1320. The van der Waals surface area contributed by atoms with Gasteiger partial charge in [0.1, 0.15) is 11.9 Å². The van der Waals surface area contributed by atoms with Gasteiger partial charge >= 0.3 is 0 Å². The van der Waals surface area contributed by atoms with Crippen molar-refractivity contribution in [1.29, 1.82) is 0 Å². The van der Waals surface area contributed by atoms with Crippen LogP contribution in [0.3, 0.4) is 0 Å². The van der Waals surface area contributed by atoms with Crippen LogP contribution in [0.15, 0.2) is 56.8 Å². The lowest BCUT2D eigenvalue weighted by atomic mass is 10.2. The molecule has 2 aromatic carbocycles. The number of ether oxygens (including phenoxy) is 1. The number of hydrogen-bond donors (Lipinski definition) is 0. The molecule has 11 heteroatoms. The van der Waals surface area contributed by atoms with Gasteiger partial charge in [0.15, 0.2) is 4.80 Å². The molecule has 1 aliphatic heterocycles. The topological polar surface area (TPSA) is 81.0 Å². The van der Waals surface area contributed by atoms with Gasteiger partial charge in [-0.15, -0.1) is 0 Å². The number of nitrogens with zero attached hydrogens (tertiary/aromatic N) is 3. The molecule has 0 bridgehead atoms. The van der Waals surface area contributed by atoms with Crippen molar-refractivity contribution in [2.75, 3.05) is 20.3 Å². The molecule has 1 atom stereocenters. The lowest BCUT2D eigenvalue weighted by Crippen LogP contribution is -2.40. The summed E-state index contributed by atoms with van der Waals surface area (Å²) in [5.41, 5.74) is 0.920. The van der Waals surface area contributed by atoms with Gasteiger partial charge in [0.2, 0.25) is 10.0 Å². The molecule has 4 rings (SSSR count). The highest BCUT2D eigenvalue weighted by molar-refractivity contribution is 9.10. The Hall–Kier alpha value is -1.92. The van der Waals surface area contributed by atoms with Crippen molar-refractivity contribution in [2.45, 2.75) is 30.3 Å². The highest BCUT2D eigenvalue weighted by Gasteiger charge is 2.39. The molecular weight excluding hydrogens is 521 g/mol. The minimum atomic E-state index is -3.94. The molecule has 7 nitrogen and oxygen atoms in total. The highest BCUT2D eigenvalue weighted by atomic mass is 79.9. The SMILES string of the molecule is COCCn1c(=NC(=O)C2CCCN2S(=O)(=O)c2ccc(F)cc2)sc2cc(Br)ccc21. The number of hydrogen-bond acceptors (Lipinski definition) is 5. The van der Waals surface area contributed by atoms with Gasteiger partial charge in [-0.1, -0.05) is 27.3 Å². The Labute approximate surface area is 197 Å². The molecule has 32 heavy (non-hydrogen) atoms. The Balaban J connectivity index is 1.71. The molecule has 3 aromatic rings. The van der Waals surface area contributed by atoms with E-state index in [0.29, 0.717) is 30.8 Å². The summed E-state index contributed by atoms with van der Waals surface area (Å²) in [7, 11) is -2.34. The summed E-state index contributed by atoms with van der Waals surface area (Å²) in [6, 6.07) is 9.53. The predicted molar refractivity (Wildman–Crippen MR) is 123 cm³/mol. The molecule has 0 N–H and O–H groups in total. The van der Waals surface area contributed by atoms with E-state index in [1.54, 1.807) is 7.11 Å². The number of fused-ring (bicyclic) bond motifs is 1. The normalized spacial score (nSPS) is 18.0. The van der Waals surface area contributed by atoms with E-state index in [1.807, 2.05) is 22.8 Å². The summed E-state index contributed by atoms with van der Waals surface area (Å²) in [6.07, 6.45) is 0.937. The smallest absolute Gasteiger partial charge is 0.266 e. The molecule has 0 aliphatic carbocycles. The van der Waals surface area contributed by atoms with E-state index in [2.05, 4.69) is 20.9 Å². The number of amides is 1. The van der Waals surface area contributed by atoms with Crippen LogP contribution >= 0.6 is 27.3 Å². The fourth-order valence-corrected chi connectivity index (χ4v) is 6.98. The number of sulfonamides is 1. The van der Waals surface area contributed by atoms with Crippen LogP contribution in [0.2, 0.25) is 0 Å². The zero-order valence-corrected chi connectivity index (χ0v) is 20.4. The summed E-state index contributed by atoms with van der Waals surface area (Å²) >= 11 is 4.82. The number of rotatable bonds is 6. The van der Waals surface area contributed by atoms with Gasteiger partial charge in [0.25, 0.3) is 5.91 Å². The van der Waals surface area contributed by atoms with Gasteiger partial charge < -0.3 is 9.30 Å². The number of carbonyl (C=O) groups is 1. The Morgan fingerprint density at radius 3 is 2.75 bits per heavy atom. The van der Waals surface area contributed by atoms with Crippen molar-refractivity contribution in [2.24, 2.45) is 4.99 Å². The van der Waals surface area contributed by atoms with Gasteiger partial charge in [0.05, 0.1) is 21.7 Å². The van der Waals surface area contributed by atoms with Gasteiger partial charge in [-0.25, -0.2) is 12.8 Å². The summed E-state index contributed by atoms with van der Waals surface area (Å²) in [5, 5.41) is 0. The largest absolute Gasteiger partial charge is 0.383 e. The summed E-state index contributed by atoms with van der Waals surface area (Å²) in [6.45, 7) is 1.17. The first-order chi connectivity index (χ1) is 15.3. The summed E-state index contributed by atoms with van der Waals surface area (Å²) < 4.78 is 49.6. The molecule has 1 saturated heterocycles. The average Bonchev–Trinajstić information content (AvgIpc) is 3.37. The zero-order valence-electron chi connectivity index (χ0n) is 17.2. The molecule has 170 valence electrons. The molecule has 0 radical (unpaired) electrons. The van der Waals surface area contributed by atoms with E-state index < -0.39 is 27.8 Å². The van der Waals surface area contributed by atoms with Crippen LogP contribution in [0, 0.1) is 5.82 Å². The van der Waals surface area contributed by atoms with Crippen molar-refractivity contribution in [3.63, 3.8) is 0 Å². The van der Waals surface area contributed by atoms with Crippen molar-refractivity contribution in [3.8, 4) is 0 Å². The van der Waals surface area contributed by atoms with Crippen molar-refractivity contribution in [3.05, 3.63) is 57.6 Å². The van der Waals surface area contributed by atoms with Gasteiger partial charge in [-0.05, 0) is 55.3 Å². The van der Waals surface area contributed by atoms with Crippen LogP contribution in [0.1, 0.15) is 12.8 Å². The maximum atomic E-state index is 13.2. The monoisotopic (exact) mass is 541 g/mol. The first kappa shape index (κ1) is 23.2. The van der Waals surface area contributed by atoms with Gasteiger partial charge in [-0.2, -0.15) is 9.30 Å². The Morgan fingerprint density at radius 1 is 1.28 bits per heavy atom. The van der Waals surface area contributed by atoms with Crippen LogP contribution in [0.25, 0.3) is 10.2 Å². The third-order valence-electron chi connectivity index (χ3n) is 5.28. The summed E-state index contributed by atoms with van der Waals surface area (Å²) in [4.78, 5) is 17.9. The predicted octanol–water partition coefficient (Wildman–Crippen LogP) is 3.53. The van der Waals surface area contributed by atoms with Crippen LogP contribution in [0.5, 0.6) is 0 Å². The Kier molecular flexibility index (Phi) is 6.91. The molecule has 0 saturated carbocycles. The van der Waals surface area contributed by atoms with Crippen molar-refractivity contribution in [1.82, 2.24) is 8.87 Å². The first-order valence-corrected chi connectivity index (χ1v) is 13.0. The number of benzene rings is 2. The van der Waals surface area contributed by atoms with Crippen LogP contribution in [0.4, 0.5) is 4.39 Å². The standard InChI is InChI=1S/C21H21BrFN3O4S2/c1-30-12-11-25-17-9-4-14(22)13-19(17)31-21(25)24-20(27)18-3-2-10-26(18)32(28,29)16-7-5-15(23)6-8-16/h4-9,13,18H,2-3,10-12H2,1H3. The lowest BCUT2D eigenvalue weighted by molar-refractivity contribution is -0.121. The minimum absolute atomic E-state index is 0.0412.